The monoisotopic (exact) mass is 300 g/mol. The zero-order chi connectivity index (χ0) is 14.5. The summed E-state index contributed by atoms with van der Waals surface area (Å²) in [5.41, 5.74) is 5.60. The van der Waals surface area contributed by atoms with Crippen molar-refractivity contribution in [2.75, 3.05) is 59.0 Å². The van der Waals surface area contributed by atoms with Crippen molar-refractivity contribution >= 4 is 17.2 Å². The van der Waals surface area contributed by atoms with Gasteiger partial charge in [-0.3, -0.25) is 14.7 Å². The van der Waals surface area contributed by atoms with Crippen LogP contribution in [0, 0.1) is 0 Å². The maximum absolute atomic E-state index is 5.91. The molecule has 5 nitrogen and oxygen atoms in total. The van der Waals surface area contributed by atoms with Crippen LogP contribution in [0.15, 0.2) is 0 Å². The van der Waals surface area contributed by atoms with Crippen molar-refractivity contribution in [1.29, 1.82) is 0 Å². The molecule has 0 aromatic rings. The summed E-state index contributed by atoms with van der Waals surface area (Å²) in [5.74, 6) is 0. The van der Waals surface area contributed by atoms with Gasteiger partial charge in [-0.1, -0.05) is 12.2 Å². The Morgan fingerprint density at radius 2 is 1.85 bits per heavy atom. The van der Waals surface area contributed by atoms with E-state index in [1.165, 1.54) is 0 Å². The Morgan fingerprint density at radius 3 is 2.45 bits per heavy atom. The molecule has 2 aliphatic rings. The van der Waals surface area contributed by atoms with E-state index in [0.29, 0.717) is 17.1 Å². The fourth-order valence-corrected chi connectivity index (χ4v) is 3.14. The fraction of sp³-hybridized carbons (Fsp3) is 0.929. The molecule has 0 bridgehead atoms. The van der Waals surface area contributed by atoms with Gasteiger partial charge in [-0.15, -0.1) is 0 Å². The van der Waals surface area contributed by atoms with Gasteiger partial charge in [0.1, 0.15) is 0 Å². The first kappa shape index (κ1) is 16.1. The molecular weight excluding hydrogens is 272 g/mol. The van der Waals surface area contributed by atoms with Crippen molar-refractivity contribution < 1.29 is 4.74 Å². The normalized spacial score (nSPS) is 27.1. The van der Waals surface area contributed by atoms with E-state index in [1.54, 1.807) is 0 Å². The second kappa shape index (κ2) is 7.66. The average Bonchev–Trinajstić information content (AvgIpc) is 2.41. The smallest absolute Gasteiger partial charge is 0.0870 e. The van der Waals surface area contributed by atoms with Gasteiger partial charge in [0.15, 0.2) is 0 Å². The number of ether oxygens (including phenoxy) is 1. The van der Waals surface area contributed by atoms with E-state index in [-0.39, 0.29) is 0 Å². The van der Waals surface area contributed by atoms with Crippen molar-refractivity contribution in [3.8, 4) is 0 Å². The molecule has 0 aromatic heterocycles. The summed E-state index contributed by atoms with van der Waals surface area (Å²) in [7, 11) is 0. The second-order valence-electron chi connectivity index (χ2n) is 6.12. The Bertz CT molecular complexity index is 318. The van der Waals surface area contributed by atoms with Gasteiger partial charge in [-0.2, -0.15) is 0 Å². The van der Waals surface area contributed by atoms with Crippen LogP contribution in [0.25, 0.3) is 0 Å². The SMILES string of the molecule is CC(C)N1CCOC(CN2CCN(CC(N)=S)CC2)C1. The van der Waals surface area contributed by atoms with Gasteiger partial charge in [0, 0.05) is 58.4 Å². The van der Waals surface area contributed by atoms with Crippen LogP contribution in [0.1, 0.15) is 13.8 Å². The lowest BCUT2D eigenvalue weighted by molar-refractivity contribution is -0.0559. The summed E-state index contributed by atoms with van der Waals surface area (Å²) >= 11 is 4.97. The maximum atomic E-state index is 5.91. The van der Waals surface area contributed by atoms with E-state index in [9.17, 15) is 0 Å². The molecule has 0 spiro atoms. The number of hydrogen-bond donors (Lipinski definition) is 1. The molecule has 20 heavy (non-hydrogen) atoms. The Labute approximate surface area is 128 Å². The maximum Gasteiger partial charge on any atom is 0.0870 e. The van der Waals surface area contributed by atoms with E-state index in [0.717, 1.165) is 59.0 Å². The molecule has 1 unspecified atom stereocenters. The highest BCUT2D eigenvalue weighted by Crippen LogP contribution is 2.11. The number of nitrogens with zero attached hydrogens (tertiary/aromatic N) is 3. The number of hydrogen-bond acceptors (Lipinski definition) is 5. The van der Waals surface area contributed by atoms with Crippen molar-refractivity contribution in [2.45, 2.75) is 26.0 Å². The van der Waals surface area contributed by atoms with E-state index >= 15 is 0 Å². The first-order chi connectivity index (χ1) is 9.54. The van der Waals surface area contributed by atoms with Gasteiger partial charge in [-0.25, -0.2) is 0 Å². The van der Waals surface area contributed by atoms with Crippen molar-refractivity contribution in [3.05, 3.63) is 0 Å². The number of nitrogens with two attached hydrogens (primary N) is 1. The van der Waals surface area contributed by atoms with E-state index in [1.807, 2.05) is 0 Å². The van der Waals surface area contributed by atoms with Crippen LogP contribution >= 0.6 is 12.2 Å². The lowest BCUT2D eigenvalue weighted by atomic mass is 10.2. The van der Waals surface area contributed by atoms with Gasteiger partial charge in [0.2, 0.25) is 0 Å². The third-order valence-corrected chi connectivity index (χ3v) is 4.34. The van der Waals surface area contributed by atoms with Crippen LogP contribution in [0.4, 0.5) is 0 Å². The van der Waals surface area contributed by atoms with Crippen molar-refractivity contribution in [2.24, 2.45) is 5.73 Å². The highest BCUT2D eigenvalue weighted by atomic mass is 32.1. The Kier molecular flexibility index (Phi) is 6.17. The third kappa shape index (κ3) is 4.93. The minimum Gasteiger partial charge on any atom is -0.392 e. The van der Waals surface area contributed by atoms with E-state index < -0.39 is 0 Å². The molecule has 2 heterocycles. The van der Waals surface area contributed by atoms with Gasteiger partial charge in [0.25, 0.3) is 0 Å². The summed E-state index contributed by atoms with van der Waals surface area (Å²) in [6.07, 6.45) is 0.355. The third-order valence-electron chi connectivity index (χ3n) is 4.21. The van der Waals surface area contributed by atoms with Crippen LogP contribution in [0.5, 0.6) is 0 Å². The Hall–Kier alpha value is -0.270. The van der Waals surface area contributed by atoms with Crippen LogP contribution in [0.3, 0.4) is 0 Å². The number of morpholine rings is 1. The molecule has 0 radical (unpaired) electrons. The van der Waals surface area contributed by atoms with Crippen LogP contribution < -0.4 is 5.73 Å². The van der Waals surface area contributed by atoms with E-state index in [2.05, 4.69) is 28.5 Å². The van der Waals surface area contributed by atoms with Gasteiger partial charge in [0.05, 0.1) is 17.7 Å². The summed E-state index contributed by atoms with van der Waals surface area (Å²) in [6, 6.07) is 0.615. The summed E-state index contributed by atoms with van der Waals surface area (Å²) in [4.78, 5) is 7.95. The molecule has 2 saturated heterocycles. The fourth-order valence-electron chi connectivity index (χ4n) is 2.96. The standard InChI is InChI=1S/C14H28N4OS/c1-12(2)18-7-8-19-13(10-18)9-16-3-5-17(6-4-16)11-14(15)20/h12-13H,3-11H2,1-2H3,(H2,15,20). The zero-order valence-electron chi connectivity index (χ0n) is 12.8. The molecule has 116 valence electrons. The topological polar surface area (TPSA) is 45.0 Å². The first-order valence-electron chi connectivity index (χ1n) is 7.63. The van der Waals surface area contributed by atoms with Crippen molar-refractivity contribution in [3.63, 3.8) is 0 Å². The number of thiocarbonyl (C=S) groups is 1. The first-order valence-corrected chi connectivity index (χ1v) is 8.04. The lowest BCUT2D eigenvalue weighted by Gasteiger charge is -2.40. The highest BCUT2D eigenvalue weighted by molar-refractivity contribution is 7.80. The van der Waals surface area contributed by atoms with Crippen LogP contribution in [0.2, 0.25) is 0 Å². The average molecular weight is 300 g/mol. The van der Waals surface area contributed by atoms with Gasteiger partial charge in [-0.05, 0) is 13.8 Å². The molecular formula is C14H28N4OS. The predicted octanol–water partition coefficient (Wildman–Crippen LogP) is -0.000700. The Morgan fingerprint density at radius 1 is 1.20 bits per heavy atom. The van der Waals surface area contributed by atoms with Crippen molar-refractivity contribution in [1.82, 2.24) is 14.7 Å². The molecule has 2 rings (SSSR count). The molecule has 2 aliphatic heterocycles. The molecule has 6 heteroatoms. The minimum absolute atomic E-state index is 0.355. The lowest BCUT2D eigenvalue weighted by Crippen LogP contribution is -2.54. The Balaban J connectivity index is 1.71. The molecule has 1 atom stereocenters. The summed E-state index contributed by atoms with van der Waals surface area (Å²) in [5, 5.41) is 0. The molecule has 2 fully saturated rings. The summed E-state index contributed by atoms with van der Waals surface area (Å²) < 4.78 is 5.91. The van der Waals surface area contributed by atoms with Crippen LogP contribution in [-0.2, 0) is 4.74 Å². The molecule has 0 aromatic carbocycles. The second-order valence-corrected chi connectivity index (χ2v) is 6.65. The van der Waals surface area contributed by atoms with Gasteiger partial charge < -0.3 is 10.5 Å². The zero-order valence-corrected chi connectivity index (χ0v) is 13.6. The molecule has 0 aliphatic carbocycles. The number of rotatable bonds is 5. The highest BCUT2D eigenvalue weighted by Gasteiger charge is 2.25. The summed E-state index contributed by atoms with van der Waals surface area (Å²) in [6.45, 7) is 13.6. The largest absolute Gasteiger partial charge is 0.392 e. The van der Waals surface area contributed by atoms with Crippen LogP contribution in [-0.4, -0.2) is 90.8 Å². The number of piperazine rings is 1. The van der Waals surface area contributed by atoms with E-state index in [4.69, 9.17) is 22.7 Å². The quantitative estimate of drug-likeness (QED) is 0.721. The molecule has 0 amide bonds. The molecule has 2 N–H and O–H groups in total. The predicted molar refractivity (Wildman–Crippen MR) is 86.1 cm³/mol. The minimum atomic E-state index is 0.355. The van der Waals surface area contributed by atoms with Gasteiger partial charge >= 0.3 is 0 Å². The molecule has 0 saturated carbocycles.